The van der Waals surface area contributed by atoms with Gasteiger partial charge in [-0.25, -0.2) is 0 Å². The van der Waals surface area contributed by atoms with Gasteiger partial charge in [-0.2, -0.15) is 0 Å². The van der Waals surface area contributed by atoms with Crippen molar-refractivity contribution in [1.29, 1.82) is 0 Å². The van der Waals surface area contributed by atoms with Crippen LogP contribution >= 0.6 is 0 Å². The van der Waals surface area contributed by atoms with Crippen LogP contribution in [-0.2, 0) is 16.0 Å². The van der Waals surface area contributed by atoms with Gasteiger partial charge in [0.25, 0.3) is 5.91 Å². The van der Waals surface area contributed by atoms with Crippen molar-refractivity contribution in [2.45, 2.75) is 31.7 Å². The van der Waals surface area contributed by atoms with Gasteiger partial charge in [-0.15, -0.1) is 0 Å². The number of hydrogen-bond donors (Lipinski definition) is 2. The van der Waals surface area contributed by atoms with Crippen LogP contribution < -0.4 is 10.6 Å². The van der Waals surface area contributed by atoms with Crippen LogP contribution in [0.2, 0.25) is 0 Å². The van der Waals surface area contributed by atoms with E-state index in [4.69, 9.17) is 4.42 Å². The molecule has 0 saturated carbocycles. The average molecular weight is 383 g/mol. The van der Waals surface area contributed by atoms with E-state index in [0.717, 1.165) is 18.5 Å². The van der Waals surface area contributed by atoms with E-state index in [-0.39, 0.29) is 17.6 Å². The van der Waals surface area contributed by atoms with Crippen molar-refractivity contribution in [2.75, 3.05) is 19.6 Å². The summed E-state index contributed by atoms with van der Waals surface area (Å²) in [5, 5.41) is 5.62. The summed E-state index contributed by atoms with van der Waals surface area (Å²) >= 11 is 0. The zero-order valence-electron chi connectivity index (χ0n) is 15.7. The molecule has 0 aliphatic carbocycles. The standard InChI is InChI=1S/C21H25N3O4/c25-19-10-4-12-24(19)13-6-11-22-20(26)17(15-16-7-2-1-3-8-16)23-21(27)18-9-5-14-28-18/h1-3,5,7-9,14,17H,4,6,10-13,15H2,(H,22,26)(H,23,27)/t17-/m0/s1. The molecule has 148 valence electrons. The van der Waals surface area contributed by atoms with E-state index in [0.29, 0.717) is 32.4 Å². The zero-order chi connectivity index (χ0) is 19.8. The highest BCUT2D eigenvalue weighted by atomic mass is 16.3. The monoisotopic (exact) mass is 383 g/mol. The molecule has 28 heavy (non-hydrogen) atoms. The predicted molar refractivity (Wildman–Crippen MR) is 104 cm³/mol. The Bertz CT molecular complexity index is 789. The van der Waals surface area contributed by atoms with Gasteiger partial charge in [0.2, 0.25) is 11.8 Å². The third kappa shape index (κ3) is 5.45. The van der Waals surface area contributed by atoms with Crippen molar-refractivity contribution in [1.82, 2.24) is 15.5 Å². The van der Waals surface area contributed by atoms with E-state index in [2.05, 4.69) is 10.6 Å². The second-order valence-electron chi connectivity index (χ2n) is 6.82. The third-order valence-electron chi connectivity index (χ3n) is 4.72. The molecule has 7 heteroatoms. The molecule has 7 nitrogen and oxygen atoms in total. The lowest BCUT2D eigenvalue weighted by molar-refractivity contribution is -0.127. The molecular formula is C21H25N3O4. The Morgan fingerprint density at radius 1 is 1.14 bits per heavy atom. The fourth-order valence-electron chi connectivity index (χ4n) is 3.24. The SMILES string of the molecule is O=C(N[C@@H](Cc1ccccc1)C(=O)NCCCN1CCCC1=O)c1ccco1. The number of furan rings is 1. The van der Waals surface area contributed by atoms with E-state index < -0.39 is 11.9 Å². The lowest BCUT2D eigenvalue weighted by atomic mass is 10.0. The molecule has 3 amide bonds. The number of rotatable bonds is 9. The molecule has 0 unspecified atom stereocenters. The molecular weight excluding hydrogens is 358 g/mol. The molecule has 1 aromatic carbocycles. The maximum absolute atomic E-state index is 12.7. The van der Waals surface area contributed by atoms with Crippen LogP contribution in [0.3, 0.4) is 0 Å². The number of nitrogens with one attached hydrogen (secondary N) is 2. The van der Waals surface area contributed by atoms with Crippen LogP contribution in [0.25, 0.3) is 0 Å². The van der Waals surface area contributed by atoms with Gasteiger partial charge >= 0.3 is 0 Å². The van der Waals surface area contributed by atoms with Crippen molar-refractivity contribution in [3.63, 3.8) is 0 Å². The van der Waals surface area contributed by atoms with E-state index >= 15 is 0 Å². The van der Waals surface area contributed by atoms with Gasteiger partial charge in [-0.3, -0.25) is 14.4 Å². The van der Waals surface area contributed by atoms with E-state index in [1.165, 1.54) is 6.26 Å². The van der Waals surface area contributed by atoms with Gasteiger partial charge in [-0.1, -0.05) is 30.3 Å². The second-order valence-corrected chi connectivity index (χ2v) is 6.82. The topological polar surface area (TPSA) is 91.7 Å². The Morgan fingerprint density at radius 3 is 2.64 bits per heavy atom. The summed E-state index contributed by atoms with van der Waals surface area (Å²) in [5.74, 6) is -0.336. The summed E-state index contributed by atoms with van der Waals surface area (Å²) in [6.45, 7) is 1.88. The summed E-state index contributed by atoms with van der Waals surface area (Å²) in [4.78, 5) is 38.5. The van der Waals surface area contributed by atoms with Crippen molar-refractivity contribution < 1.29 is 18.8 Å². The Labute approximate surface area is 164 Å². The minimum absolute atomic E-state index is 0.165. The first-order valence-electron chi connectivity index (χ1n) is 9.57. The number of likely N-dealkylation sites (tertiary alicyclic amines) is 1. The van der Waals surface area contributed by atoms with Crippen molar-refractivity contribution >= 4 is 17.7 Å². The molecule has 2 aromatic rings. The van der Waals surface area contributed by atoms with E-state index in [9.17, 15) is 14.4 Å². The predicted octanol–water partition coefficient (Wildman–Crippen LogP) is 1.75. The normalized spacial score (nSPS) is 14.7. The summed E-state index contributed by atoms with van der Waals surface area (Å²) in [5.41, 5.74) is 0.949. The van der Waals surface area contributed by atoms with Gasteiger partial charge in [-0.05, 0) is 30.5 Å². The highest BCUT2D eigenvalue weighted by Gasteiger charge is 2.23. The van der Waals surface area contributed by atoms with Gasteiger partial charge in [0.15, 0.2) is 5.76 Å². The molecule has 2 N–H and O–H groups in total. The summed E-state index contributed by atoms with van der Waals surface area (Å²) in [6.07, 6.45) is 4.00. The minimum atomic E-state index is -0.714. The second kappa shape index (κ2) is 9.73. The van der Waals surface area contributed by atoms with Gasteiger partial charge in [0.05, 0.1) is 6.26 Å². The van der Waals surface area contributed by atoms with Crippen LogP contribution in [0.15, 0.2) is 53.1 Å². The highest BCUT2D eigenvalue weighted by Crippen LogP contribution is 2.09. The summed E-state index contributed by atoms with van der Waals surface area (Å²) in [6, 6.07) is 12.0. The maximum Gasteiger partial charge on any atom is 0.287 e. The van der Waals surface area contributed by atoms with Crippen LogP contribution in [-0.4, -0.2) is 48.3 Å². The number of carbonyl (C=O) groups is 3. The number of hydrogen-bond acceptors (Lipinski definition) is 4. The molecule has 0 spiro atoms. The maximum atomic E-state index is 12.7. The Kier molecular flexibility index (Phi) is 6.84. The first-order chi connectivity index (χ1) is 13.6. The summed E-state index contributed by atoms with van der Waals surface area (Å²) in [7, 11) is 0. The fourth-order valence-corrected chi connectivity index (χ4v) is 3.24. The van der Waals surface area contributed by atoms with Gasteiger partial charge < -0.3 is 20.0 Å². The molecule has 3 rings (SSSR count). The average Bonchev–Trinajstić information content (AvgIpc) is 3.37. The first kappa shape index (κ1) is 19.7. The first-order valence-corrected chi connectivity index (χ1v) is 9.57. The molecule has 1 atom stereocenters. The minimum Gasteiger partial charge on any atom is -0.459 e. The molecule has 1 saturated heterocycles. The molecule has 0 radical (unpaired) electrons. The zero-order valence-corrected chi connectivity index (χ0v) is 15.7. The lowest BCUT2D eigenvalue weighted by Crippen LogP contribution is -2.48. The highest BCUT2D eigenvalue weighted by molar-refractivity contribution is 5.95. The fraction of sp³-hybridized carbons (Fsp3) is 0.381. The molecule has 0 bridgehead atoms. The molecule has 1 aliphatic heterocycles. The molecule has 2 heterocycles. The van der Waals surface area contributed by atoms with E-state index in [1.54, 1.807) is 12.1 Å². The quantitative estimate of drug-likeness (QED) is 0.646. The molecule has 1 aromatic heterocycles. The van der Waals surface area contributed by atoms with Crippen LogP contribution in [0, 0.1) is 0 Å². The number of carbonyl (C=O) groups excluding carboxylic acids is 3. The largest absolute Gasteiger partial charge is 0.459 e. The Balaban J connectivity index is 1.54. The van der Waals surface area contributed by atoms with Crippen molar-refractivity contribution in [2.24, 2.45) is 0 Å². The van der Waals surface area contributed by atoms with E-state index in [1.807, 2.05) is 35.2 Å². The number of benzene rings is 1. The van der Waals surface area contributed by atoms with Crippen molar-refractivity contribution in [3.05, 3.63) is 60.1 Å². The van der Waals surface area contributed by atoms with Gasteiger partial charge in [0.1, 0.15) is 6.04 Å². The smallest absolute Gasteiger partial charge is 0.287 e. The van der Waals surface area contributed by atoms with Crippen molar-refractivity contribution in [3.8, 4) is 0 Å². The third-order valence-corrected chi connectivity index (χ3v) is 4.72. The Hall–Kier alpha value is -3.09. The van der Waals surface area contributed by atoms with Crippen LogP contribution in [0.5, 0.6) is 0 Å². The summed E-state index contributed by atoms with van der Waals surface area (Å²) < 4.78 is 5.11. The van der Waals surface area contributed by atoms with Crippen LogP contribution in [0.1, 0.15) is 35.4 Å². The molecule has 1 fully saturated rings. The number of amides is 3. The van der Waals surface area contributed by atoms with Gasteiger partial charge in [0, 0.05) is 32.5 Å². The van der Waals surface area contributed by atoms with Crippen LogP contribution in [0.4, 0.5) is 0 Å². The Morgan fingerprint density at radius 2 is 1.96 bits per heavy atom. The molecule has 1 aliphatic rings. The number of nitrogens with zero attached hydrogens (tertiary/aromatic N) is 1. The lowest BCUT2D eigenvalue weighted by Gasteiger charge is -2.19.